The molecule has 0 aliphatic carbocycles. The van der Waals surface area contributed by atoms with Crippen molar-refractivity contribution in [2.75, 3.05) is 19.7 Å². The lowest BCUT2D eigenvalue weighted by Gasteiger charge is -2.42. The molecule has 0 radical (unpaired) electrons. The van der Waals surface area contributed by atoms with E-state index >= 15 is 0 Å². The summed E-state index contributed by atoms with van der Waals surface area (Å²) in [4.78, 5) is 19.4. The highest BCUT2D eigenvalue weighted by molar-refractivity contribution is 6.35. The van der Waals surface area contributed by atoms with Crippen LogP contribution in [0.5, 0.6) is 0 Å². The molecular weight excluding hydrogens is 368 g/mol. The Kier molecular flexibility index (Phi) is 5.03. The van der Waals surface area contributed by atoms with E-state index in [9.17, 15) is 10.0 Å². The number of nitrogens with zero attached hydrogens (tertiary/aromatic N) is 2. The third-order valence-electron chi connectivity index (χ3n) is 5.65. The number of piperidine rings is 1. The van der Waals surface area contributed by atoms with Gasteiger partial charge in [0.1, 0.15) is 0 Å². The number of benzene rings is 1. The SMILES string of the molecule is Cc1cc(C)c(C2=CC3(CCN(O)CC3)N(OC3CCCO3)C2=O)c(Cl)c1. The van der Waals surface area contributed by atoms with Crippen LogP contribution in [0.2, 0.25) is 5.02 Å². The number of aryl methyl sites for hydroxylation is 2. The third-order valence-corrected chi connectivity index (χ3v) is 5.95. The first kappa shape index (κ1) is 18.9. The number of amides is 1. The molecule has 4 rings (SSSR count). The molecule has 1 amide bonds. The molecule has 0 aromatic heterocycles. The number of carbonyl (C=O) groups excluding carboxylic acids is 1. The van der Waals surface area contributed by atoms with E-state index in [1.165, 1.54) is 10.1 Å². The van der Waals surface area contributed by atoms with Gasteiger partial charge in [-0.1, -0.05) is 17.7 Å². The Hall–Kier alpha value is -1.44. The van der Waals surface area contributed by atoms with Crippen LogP contribution < -0.4 is 0 Å². The summed E-state index contributed by atoms with van der Waals surface area (Å²) in [6.45, 7) is 5.55. The van der Waals surface area contributed by atoms with E-state index in [4.69, 9.17) is 21.2 Å². The maximum Gasteiger partial charge on any atom is 0.278 e. The highest BCUT2D eigenvalue weighted by Gasteiger charge is 2.50. The molecule has 3 aliphatic heterocycles. The molecule has 1 spiro atoms. The maximum absolute atomic E-state index is 13.4. The highest BCUT2D eigenvalue weighted by atomic mass is 35.5. The molecular formula is C20H25ClN2O4. The van der Waals surface area contributed by atoms with Crippen LogP contribution in [-0.4, -0.2) is 52.8 Å². The van der Waals surface area contributed by atoms with Crippen molar-refractivity contribution in [3.8, 4) is 0 Å². The molecule has 1 aromatic carbocycles. The van der Waals surface area contributed by atoms with E-state index in [0.717, 1.165) is 29.5 Å². The van der Waals surface area contributed by atoms with Crippen molar-refractivity contribution in [3.63, 3.8) is 0 Å². The number of hydroxylamine groups is 4. The van der Waals surface area contributed by atoms with E-state index < -0.39 is 11.8 Å². The zero-order valence-electron chi connectivity index (χ0n) is 15.7. The molecule has 1 N–H and O–H groups in total. The number of carbonyl (C=O) groups is 1. The quantitative estimate of drug-likeness (QED) is 0.853. The van der Waals surface area contributed by atoms with Gasteiger partial charge in [0.2, 0.25) is 0 Å². The Bertz CT molecular complexity index is 757. The van der Waals surface area contributed by atoms with Crippen LogP contribution in [-0.2, 0) is 14.4 Å². The second-order valence-corrected chi connectivity index (χ2v) is 8.11. The fraction of sp³-hybridized carbons (Fsp3) is 0.550. The zero-order valence-corrected chi connectivity index (χ0v) is 16.5. The summed E-state index contributed by atoms with van der Waals surface area (Å²) >= 11 is 6.52. The fourth-order valence-electron chi connectivity index (χ4n) is 4.27. The van der Waals surface area contributed by atoms with Crippen molar-refractivity contribution < 1.29 is 19.6 Å². The molecule has 0 bridgehead atoms. The number of ether oxygens (including phenoxy) is 1. The molecule has 2 fully saturated rings. The second kappa shape index (κ2) is 7.18. The molecule has 6 nitrogen and oxygen atoms in total. The summed E-state index contributed by atoms with van der Waals surface area (Å²) in [5.41, 5.74) is 2.77. The van der Waals surface area contributed by atoms with Crippen molar-refractivity contribution in [3.05, 3.63) is 39.9 Å². The molecule has 27 heavy (non-hydrogen) atoms. The van der Waals surface area contributed by atoms with Crippen LogP contribution in [0.1, 0.15) is 42.4 Å². The number of hydrogen-bond donors (Lipinski definition) is 1. The Morgan fingerprint density at radius 3 is 2.67 bits per heavy atom. The van der Waals surface area contributed by atoms with Crippen molar-refractivity contribution in [1.29, 1.82) is 0 Å². The zero-order chi connectivity index (χ0) is 19.2. The molecule has 3 heterocycles. The van der Waals surface area contributed by atoms with Gasteiger partial charge in [-0.05, 0) is 56.4 Å². The van der Waals surface area contributed by atoms with Crippen molar-refractivity contribution >= 4 is 23.1 Å². The number of halogens is 1. The molecule has 1 atom stereocenters. The molecule has 1 unspecified atom stereocenters. The molecule has 146 valence electrons. The van der Waals surface area contributed by atoms with E-state index in [-0.39, 0.29) is 5.91 Å². The lowest BCUT2D eigenvalue weighted by molar-refractivity contribution is -0.286. The topological polar surface area (TPSA) is 62.2 Å². The predicted molar refractivity (Wildman–Crippen MR) is 101 cm³/mol. The Balaban J connectivity index is 1.73. The fourth-order valence-corrected chi connectivity index (χ4v) is 4.69. The van der Waals surface area contributed by atoms with Gasteiger partial charge in [0, 0.05) is 35.7 Å². The Morgan fingerprint density at radius 2 is 2.04 bits per heavy atom. The van der Waals surface area contributed by atoms with Gasteiger partial charge in [-0.25, -0.2) is 9.90 Å². The molecule has 7 heteroatoms. The van der Waals surface area contributed by atoms with Gasteiger partial charge < -0.3 is 9.94 Å². The summed E-state index contributed by atoms with van der Waals surface area (Å²) in [6, 6.07) is 3.91. The van der Waals surface area contributed by atoms with Crippen LogP contribution in [0.3, 0.4) is 0 Å². The standard InChI is InChI=1S/C20H25ClN2O4/c1-13-10-14(2)18(16(21)11-13)15-12-20(5-7-22(25)8-6-20)23(19(15)24)27-17-4-3-9-26-17/h10-12,17,25H,3-9H2,1-2H3. The number of hydrogen-bond acceptors (Lipinski definition) is 5. The summed E-state index contributed by atoms with van der Waals surface area (Å²) in [5, 5.41) is 13.2. The van der Waals surface area contributed by atoms with Gasteiger partial charge in [0.15, 0.2) is 6.29 Å². The summed E-state index contributed by atoms with van der Waals surface area (Å²) in [6.07, 6.45) is 4.46. The Morgan fingerprint density at radius 1 is 1.30 bits per heavy atom. The van der Waals surface area contributed by atoms with Gasteiger partial charge in [-0.15, -0.1) is 0 Å². The van der Waals surface area contributed by atoms with E-state index in [1.807, 2.05) is 32.1 Å². The van der Waals surface area contributed by atoms with Gasteiger partial charge in [-0.3, -0.25) is 4.79 Å². The lowest BCUT2D eigenvalue weighted by atomic mass is 9.87. The first-order valence-electron chi connectivity index (χ1n) is 9.46. The van der Waals surface area contributed by atoms with Gasteiger partial charge in [-0.2, -0.15) is 5.06 Å². The summed E-state index contributed by atoms with van der Waals surface area (Å²) in [7, 11) is 0. The Labute approximate surface area is 164 Å². The second-order valence-electron chi connectivity index (χ2n) is 7.70. The summed E-state index contributed by atoms with van der Waals surface area (Å²) in [5.74, 6) is -0.189. The average molecular weight is 393 g/mol. The average Bonchev–Trinajstić information content (AvgIpc) is 3.20. The van der Waals surface area contributed by atoms with Crippen LogP contribution in [0.15, 0.2) is 18.2 Å². The van der Waals surface area contributed by atoms with Crippen molar-refractivity contribution in [2.24, 2.45) is 0 Å². The minimum Gasteiger partial charge on any atom is -0.350 e. The summed E-state index contributed by atoms with van der Waals surface area (Å²) < 4.78 is 5.60. The van der Waals surface area contributed by atoms with Crippen LogP contribution >= 0.6 is 11.6 Å². The van der Waals surface area contributed by atoms with E-state index in [1.54, 1.807) is 0 Å². The van der Waals surface area contributed by atoms with Crippen molar-refractivity contribution in [1.82, 2.24) is 10.1 Å². The molecule has 2 saturated heterocycles. The monoisotopic (exact) mass is 392 g/mol. The van der Waals surface area contributed by atoms with Crippen LogP contribution in [0, 0.1) is 13.8 Å². The highest BCUT2D eigenvalue weighted by Crippen LogP contribution is 2.43. The molecule has 3 aliphatic rings. The van der Waals surface area contributed by atoms with Crippen LogP contribution in [0.25, 0.3) is 5.57 Å². The number of rotatable bonds is 3. The van der Waals surface area contributed by atoms with Gasteiger partial charge >= 0.3 is 0 Å². The lowest BCUT2D eigenvalue weighted by Crippen LogP contribution is -2.53. The third kappa shape index (κ3) is 3.41. The van der Waals surface area contributed by atoms with Gasteiger partial charge in [0.05, 0.1) is 12.1 Å². The first-order valence-corrected chi connectivity index (χ1v) is 9.84. The molecule has 0 saturated carbocycles. The van der Waals surface area contributed by atoms with Crippen LogP contribution in [0.4, 0.5) is 0 Å². The molecule has 1 aromatic rings. The normalized spacial score (nSPS) is 25.5. The largest absolute Gasteiger partial charge is 0.350 e. The van der Waals surface area contributed by atoms with Gasteiger partial charge in [0.25, 0.3) is 5.91 Å². The maximum atomic E-state index is 13.4. The first-order chi connectivity index (χ1) is 12.9. The smallest absolute Gasteiger partial charge is 0.278 e. The predicted octanol–water partition coefficient (Wildman–Crippen LogP) is 3.47. The van der Waals surface area contributed by atoms with E-state index in [0.29, 0.717) is 43.1 Å². The van der Waals surface area contributed by atoms with Crippen molar-refractivity contribution in [2.45, 2.75) is 51.4 Å². The van der Waals surface area contributed by atoms with E-state index in [2.05, 4.69) is 0 Å². The minimum atomic E-state index is -0.585. The minimum absolute atomic E-state index is 0.189.